The van der Waals surface area contributed by atoms with Crippen molar-refractivity contribution in [3.63, 3.8) is 0 Å². The van der Waals surface area contributed by atoms with Crippen LogP contribution in [0.25, 0.3) is 0 Å². The average Bonchev–Trinajstić information content (AvgIpc) is 2.37. The predicted octanol–water partition coefficient (Wildman–Crippen LogP) is 5.98. The highest BCUT2D eigenvalue weighted by molar-refractivity contribution is 4.78. The van der Waals surface area contributed by atoms with Gasteiger partial charge in [-0.1, -0.05) is 58.4 Å². The first-order valence-corrected chi connectivity index (χ1v) is 7.92. The first-order chi connectivity index (χ1) is 8.31. The average molecular weight is 236 g/mol. The molecule has 0 nitrogen and oxygen atoms in total. The Balaban J connectivity index is 2.22. The topological polar surface area (TPSA) is 0 Å². The third-order valence-electron chi connectivity index (χ3n) is 4.76. The Bertz CT molecular complexity index is 186. The summed E-state index contributed by atoms with van der Waals surface area (Å²) < 4.78 is 0. The van der Waals surface area contributed by atoms with Crippen molar-refractivity contribution in [2.45, 2.75) is 78.1 Å². The molecule has 0 aromatic rings. The van der Waals surface area contributed by atoms with Crippen LogP contribution in [0.15, 0.2) is 12.7 Å². The van der Waals surface area contributed by atoms with Gasteiger partial charge in [-0.25, -0.2) is 0 Å². The highest BCUT2D eigenvalue weighted by atomic mass is 14.3. The van der Waals surface area contributed by atoms with Crippen molar-refractivity contribution >= 4 is 0 Å². The van der Waals surface area contributed by atoms with Crippen molar-refractivity contribution in [1.82, 2.24) is 0 Å². The monoisotopic (exact) mass is 236 g/mol. The summed E-state index contributed by atoms with van der Waals surface area (Å²) in [5.74, 6) is 3.11. The Morgan fingerprint density at radius 2 is 1.88 bits per heavy atom. The maximum atomic E-state index is 3.81. The van der Waals surface area contributed by atoms with E-state index in [0.29, 0.717) is 0 Å². The molecule has 100 valence electrons. The second-order valence-electron chi connectivity index (χ2n) is 5.96. The van der Waals surface area contributed by atoms with Crippen molar-refractivity contribution in [1.29, 1.82) is 0 Å². The Kier molecular flexibility index (Phi) is 7.64. The predicted molar refractivity (Wildman–Crippen MR) is 78.2 cm³/mol. The molecular weight excluding hydrogens is 204 g/mol. The first-order valence-electron chi connectivity index (χ1n) is 7.92. The summed E-state index contributed by atoms with van der Waals surface area (Å²) in [5, 5.41) is 0. The van der Waals surface area contributed by atoms with Crippen LogP contribution in [0.2, 0.25) is 0 Å². The van der Waals surface area contributed by atoms with Gasteiger partial charge >= 0.3 is 0 Å². The van der Waals surface area contributed by atoms with Gasteiger partial charge in [-0.05, 0) is 43.4 Å². The van der Waals surface area contributed by atoms with E-state index in [2.05, 4.69) is 26.5 Å². The third-order valence-corrected chi connectivity index (χ3v) is 4.76. The van der Waals surface area contributed by atoms with Crippen LogP contribution >= 0.6 is 0 Å². The van der Waals surface area contributed by atoms with Gasteiger partial charge in [0.05, 0.1) is 0 Å². The van der Waals surface area contributed by atoms with Gasteiger partial charge in [-0.15, -0.1) is 6.58 Å². The molecule has 0 spiro atoms. The minimum absolute atomic E-state index is 1.02. The highest BCUT2D eigenvalue weighted by Crippen LogP contribution is 2.38. The lowest BCUT2D eigenvalue weighted by Crippen LogP contribution is -2.21. The SMILES string of the molecule is C=CCCCC1CCC(C(CC)CCC)CC1. The Morgan fingerprint density at radius 1 is 1.18 bits per heavy atom. The van der Waals surface area contributed by atoms with Crippen LogP contribution in [-0.2, 0) is 0 Å². The molecule has 0 N–H and O–H groups in total. The molecule has 17 heavy (non-hydrogen) atoms. The van der Waals surface area contributed by atoms with Crippen molar-refractivity contribution < 1.29 is 0 Å². The number of unbranched alkanes of at least 4 members (excludes halogenated alkanes) is 1. The molecule has 0 heteroatoms. The van der Waals surface area contributed by atoms with Gasteiger partial charge in [0.2, 0.25) is 0 Å². The number of hydrogen-bond donors (Lipinski definition) is 0. The summed E-state index contributed by atoms with van der Waals surface area (Å²) in [4.78, 5) is 0. The van der Waals surface area contributed by atoms with Crippen LogP contribution in [0.1, 0.15) is 78.1 Å². The summed E-state index contributed by atoms with van der Waals surface area (Å²) in [7, 11) is 0. The van der Waals surface area contributed by atoms with Crippen LogP contribution < -0.4 is 0 Å². The Labute approximate surface area is 109 Å². The van der Waals surface area contributed by atoms with Gasteiger partial charge in [-0.3, -0.25) is 0 Å². The van der Waals surface area contributed by atoms with Gasteiger partial charge in [0.15, 0.2) is 0 Å². The molecular formula is C17H32. The summed E-state index contributed by atoms with van der Waals surface area (Å²) in [6.07, 6.45) is 16.4. The lowest BCUT2D eigenvalue weighted by atomic mass is 9.72. The van der Waals surface area contributed by atoms with Crippen molar-refractivity contribution in [3.05, 3.63) is 12.7 Å². The maximum absolute atomic E-state index is 3.81. The largest absolute Gasteiger partial charge is 0.103 e. The molecule has 1 saturated carbocycles. The van der Waals surface area contributed by atoms with E-state index in [1.165, 1.54) is 64.2 Å². The van der Waals surface area contributed by atoms with Gasteiger partial charge < -0.3 is 0 Å². The van der Waals surface area contributed by atoms with Gasteiger partial charge in [-0.2, -0.15) is 0 Å². The second-order valence-corrected chi connectivity index (χ2v) is 5.96. The van der Waals surface area contributed by atoms with E-state index in [-0.39, 0.29) is 0 Å². The van der Waals surface area contributed by atoms with E-state index >= 15 is 0 Å². The zero-order chi connectivity index (χ0) is 12.5. The molecule has 0 aromatic heterocycles. The molecule has 1 aliphatic carbocycles. The van der Waals surface area contributed by atoms with Gasteiger partial charge in [0.25, 0.3) is 0 Å². The van der Waals surface area contributed by atoms with E-state index < -0.39 is 0 Å². The second kappa shape index (κ2) is 8.78. The zero-order valence-corrected chi connectivity index (χ0v) is 12.1. The van der Waals surface area contributed by atoms with E-state index in [1.807, 2.05) is 0 Å². The fraction of sp³-hybridized carbons (Fsp3) is 0.882. The summed E-state index contributed by atoms with van der Waals surface area (Å²) >= 11 is 0. The highest BCUT2D eigenvalue weighted by Gasteiger charge is 2.25. The fourth-order valence-corrected chi connectivity index (χ4v) is 3.64. The quantitative estimate of drug-likeness (QED) is 0.359. The van der Waals surface area contributed by atoms with E-state index in [9.17, 15) is 0 Å². The number of hydrogen-bond acceptors (Lipinski definition) is 0. The van der Waals surface area contributed by atoms with E-state index in [4.69, 9.17) is 0 Å². The van der Waals surface area contributed by atoms with E-state index in [0.717, 1.165) is 17.8 Å². The van der Waals surface area contributed by atoms with Gasteiger partial charge in [0.1, 0.15) is 0 Å². The molecule has 1 unspecified atom stereocenters. The van der Waals surface area contributed by atoms with Crippen molar-refractivity contribution in [2.24, 2.45) is 17.8 Å². The summed E-state index contributed by atoms with van der Waals surface area (Å²) in [6, 6.07) is 0. The standard InChI is InChI=1S/C17H32/c1-4-7-8-10-15-11-13-17(14-12-15)16(6-3)9-5-2/h4,15-17H,1,5-14H2,2-3H3. The summed E-state index contributed by atoms with van der Waals surface area (Å²) in [5.41, 5.74) is 0. The molecule has 0 heterocycles. The molecule has 0 amide bonds. The van der Waals surface area contributed by atoms with E-state index in [1.54, 1.807) is 0 Å². The zero-order valence-electron chi connectivity index (χ0n) is 12.1. The summed E-state index contributed by atoms with van der Waals surface area (Å²) in [6.45, 7) is 8.53. The van der Waals surface area contributed by atoms with Crippen molar-refractivity contribution in [2.75, 3.05) is 0 Å². The molecule has 1 rings (SSSR count). The molecule has 0 aromatic carbocycles. The van der Waals surface area contributed by atoms with Crippen LogP contribution in [0.5, 0.6) is 0 Å². The van der Waals surface area contributed by atoms with Gasteiger partial charge in [0, 0.05) is 0 Å². The molecule has 1 fully saturated rings. The van der Waals surface area contributed by atoms with Crippen LogP contribution in [0, 0.1) is 17.8 Å². The first kappa shape index (κ1) is 14.8. The lowest BCUT2D eigenvalue weighted by Gasteiger charge is -2.33. The minimum Gasteiger partial charge on any atom is -0.103 e. The Morgan fingerprint density at radius 3 is 2.41 bits per heavy atom. The Hall–Kier alpha value is -0.260. The third kappa shape index (κ3) is 5.27. The molecule has 0 radical (unpaired) electrons. The number of allylic oxidation sites excluding steroid dienone is 1. The van der Waals surface area contributed by atoms with Crippen LogP contribution in [0.4, 0.5) is 0 Å². The molecule has 1 aliphatic rings. The van der Waals surface area contributed by atoms with Crippen LogP contribution in [0.3, 0.4) is 0 Å². The molecule has 0 saturated heterocycles. The molecule has 0 aliphatic heterocycles. The molecule has 0 bridgehead atoms. The lowest BCUT2D eigenvalue weighted by molar-refractivity contribution is 0.184. The van der Waals surface area contributed by atoms with Crippen LogP contribution in [-0.4, -0.2) is 0 Å². The van der Waals surface area contributed by atoms with Crippen molar-refractivity contribution in [3.8, 4) is 0 Å². The molecule has 1 atom stereocenters. The normalized spacial score (nSPS) is 26.7. The minimum atomic E-state index is 1.02. The maximum Gasteiger partial charge on any atom is -0.0353 e. The smallest absolute Gasteiger partial charge is 0.0353 e. The number of rotatable bonds is 8. The fourth-order valence-electron chi connectivity index (χ4n) is 3.64.